The van der Waals surface area contributed by atoms with E-state index in [-0.39, 0.29) is 0 Å². The van der Waals surface area contributed by atoms with Gasteiger partial charge in [0.05, 0.1) is 17.2 Å². The third-order valence-electron chi connectivity index (χ3n) is 2.24. The molecule has 0 radical (unpaired) electrons. The summed E-state index contributed by atoms with van der Waals surface area (Å²) in [4.78, 5) is 9.67. The van der Waals surface area contributed by atoms with Gasteiger partial charge in [-0.1, -0.05) is 0 Å². The van der Waals surface area contributed by atoms with E-state index < -0.39 is 0 Å². The molecule has 3 aromatic heterocycles. The minimum atomic E-state index is 0.608. The minimum absolute atomic E-state index is 0.608. The van der Waals surface area contributed by atoms with E-state index in [1.54, 1.807) is 23.9 Å². The first-order valence-corrected chi connectivity index (χ1v) is 5.51. The molecule has 0 bridgehead atoms. The number of fused-ring (bicyclic) bond motifs is 1. The summed E-state index contributed by atoms with van der Waals surface area (Å²) in [6.07, 6.45) is 3.20. The maximum atomic E-state index is 5.44. The quantitative estimate of drug-likeness (QED) is 0.523. The van der Waals surface area contributed by atoms with E-state index in [4.69, 9.17) is 10.3 Å². The number of hydrogen-bond acceptors (Lipinski definition) is 6. The van der Waals surface area contributed by atoms with Crippen molar-refractivity contribution in [2.75, 3.05) is 5.43 Å². The van der Waals surface area contributed by atoms with Crippen molar-refractivity contribution in [1.82, 2.24) is 9.97 Å². The van der Waals surface area contributed by atoms with Crippen LogP contribution in [0.4, 0.5) is 5.82 Å². The highest BCUT2D eigenvalue weighted by atomic mass is 32.1. The number of thiophene rings is 1. The Bertz CT molecular complexity index is 617. The number of anilines is 1. The summed E-state index contributed by atoms with van der Waals surface area (Å²) in [6.45, 7) is 0. The molecule has 0 unspecified atom stereocenters. The Kier molecular flexibility index (Phi) is 2.09. The highest BCUT2D eigenvalue weighted by Gasteiger charge is 2.09. The van der Waals surface area contributed by atoms with Crippen LogP contribution >= 0.6 is 11.3 Å². The monoisotopic (exact) mass is 232 g/mol. The smallest absolute Gasteiger partial charge is 0.166 e. The molecule has 0 spiro atoms. The van der Waals surface area contributed by atoms with Crippen LogP contribution in [0.3, 0.4) is 0 Å². The molecule has 3 heterocycles. The van der Waals surface area contributed by atoms with Crippen molar-refractivity contribution in [2.45, 2.75) is 0 Å². The Balaban J connectivity index is 2.27. The number of furan rings is 1. The summed E-state index contributed by atoms with van der Waals surface area (Å²) < 4.78 is 5.01. The fraction of sp³-hybridized carbons (Fsp3) is 0. The largest absolute Gasteiger partial charge is 0.472 e. The van der Waals surface area contributed by atoms with Crippen LogP contribution in [0.1, 0.15) is 0 Å². The second-order valence-corrected chi connectivity index (χ2v) is 4.09. The van der Waals surface area contributed by atoms with E-state index in [1.807, 2.05) is 17.5 Å². The molecule has 3 aromatic rings. The number of nitrogen functional groups attached to an aromatic ring is 1. The number of hydrazine groups is 1. The molecule has 0 aliphatic carbocycles. The summed E-state index contributed by atoms with van der Waals surface area (Å²) in [6, 6.07) is 3.75. The zero-order chi connectivity index (χ0) is 11.0. The molecule has 0 amide bonds. The van der Waals surface area contributed by atoms with Gasteiger partial charge < -0.3 is 9.84 Å². The van der Waals surface area contributed by atoms with Gasteiger partial charge in [-0.15, -0.1) is 11.3 Å². The normalized spacial score (nSPS) is 10.8. The van der Waals surface area contributed by atoms with Crippen molar-refractivity contribution < 1.29 is 4.42 Å². The van der Waals surface area contributed by atoms with Crippen LogP contribution in [0, 0.1) is 0 Å². The molecule has 5 nitrogen and oxygen atoms in total. The molecule has 0 fully saturated rings. The van der Waals surface area contributed by atoms with Gasteiger partial charge in [0.1, 0.15) is 11.1 Å². The molecule has 0 atom stereocenters. The Labute approximate surface area is 94.9 Å². The fourth-order valence-electron chi connectivity index (χ4n) is 1.49. The molecule has 0 saturated carbocycles. The Morgan fingerprint density at radius 3 is 3.00 bits per heavy atom. The average Bonchev–Trinajstić information content (AvgIpc) is 2.97. The third kappa shape index (κ3) is 1.36. The predicted octanol–water partition coefficient (Wildman–Crippen LogP) is 2.24. The highest BCUT2D eigenvalue weighted by molar-refractivity contribution is 7.16. The van der Waals surface area contributed by atoms with Crippen LogP contribution in [0.5, 0.6) is 0 Å². The molecule has 3 N–H and O–H groups in total. The van der Waals surface area contributed by atoms with Crippen LogP contribution in [0.15, 0.2) is 34.5 Å². The number of hydrogen-bond donors (Lipinski definition) is 2. The molecule has 80 valence electrons. The number of rotatable bonds is 2. The summed E-state index contributed by atoms with van der Waals surface area (Å²) in [7, 11) is 0. The number of nitrogens with one attached hydrogen (secondary N) is 1. The van der Waals surface area contributed by atoms with Gasteiger partial charge in [0.15, 0.2) is 11.6 Å². The summed E-state index contributed by atoms with van der Waals surface area (Å²) in [5.41, 5.74) is 3.42. The van der Waals surface area contributed by atoms with Crippen LogP contribution < -0.4 is 11.3 Å². The van der Waals surface area contributed by atoms with Crippen molar-refractivity contribution in [1.29, 1.82) is 0 Å². The van der Waals surface area contributed by atoms with Crippen LogP contribution in [0.2, 0.25) is 0 Å². The lowest BCUT2D eigenvalue weighted by molar-refractivity contribution is 0.568. The van der Waals surface area contributed by atoms with E-state index in [0.717, 1.165) is 15.8 Å². The van der Waals surface area contributed by atoms with Gasteiger partial charge in [-0.3, -0.25) is 0 Å². The Morgan fingerprint density at radius 1 is 1.31 bits per heavy atom. The topological polar surface area (TPSA) is 77.0 Å². The fourth-order valence-corrected chi connectivity index (χ4v) is 2.25. The van der Waals surface area contributed by atoms with Gasteiger partial charge in [-0.2, -0.15) is 0 Å². The molecule has 6 heteroatoms. The summed E-state index contributed by atoms with van der Waals surface area (Å²) in [5, 5.41) is 2.89. The Hall–Kier alpha value is -1.92. The van der Waals surface area contributed by atoms with Gasteiger partial charge in [0.2, 0.25) is 0 Å². The van der Waals surface area contributed by atoms with Gasteiger partial charge >= 0.3 is 0 Å². The third-order valence-corrected chi connectivity index (χ3v) is 3.05. The molecule has 0 aliphatic rings. The zero-order valence-electron chi connectivity index (χ0n) is 8.18. The number of nitrogens with two attached hydrogens (primary N) is 1. The second-order valence-electron chi connectivity index (χ2n) is 3.19. The van der Waals surface area contributed by atoms with Crippen molar-refractivity contribution in [3.8, 4) is 11.4 Å². The van der Waals surface area contributed by atoms with E-state index in [0.29, 0.717) is 11.6 Å². The molecule has 16 heavy (non-hydrogen) atoms. The van der Waals surface area contributed by atoms with E-state index in [2.05, 4.69) is 15.4 Å². The second kappa shape index (κ2) is 3.58. The van der Waals surface area contributed by atoms with Gasteiger partial charge in [0.25, 0.3) is 0 Å². The maximum absolute atomic E-state index is 5.44. The van der Waals surface area contributed by atoms with Crippen molar-refractivity contribution in [2.24, 2.45) is 5.84 Å². The summed E-state index contributed by atoms with van der Waals surface area (Å²) >= 11 is 1.55. The average molecular weight is 232 g/mol. The van der Waals surface area contributed by atoms with Gasteiger partial charge in [-0.05, 0) is 17.5 Å². The molecule has 0 aliphatic heterocycles. The lowest BCUT2D eigenvalue weighted by Gasteiger charge is -2.03. The maximum Gasteiger partial charge on any atom is 0.166 e. The zero-order valence-corrected chi connectivity index (χ0v) is 8.99. The standard InChI is InChI=1S/C10H8N4OS/c11-14-9-7-2-4-16-10(7)13-8(12-9)6-1-3-15-5-6/h1-5H,11H2,(H,12,13,14). The van der Waals surface area contributed by atoms with E-state index in [9.17, 15) is 0 Å². The molecule has 0 aromatic carbocycles. The van der Waals surface area contributed by atoms with Crippen molar-refractivity contribution >= 4 is 27.4 Å². The first-order chi connectivity index (χ1) is 7.88. The molecular weight excluding hydrogens is 224 g/mol. The predicted molar refractivity (Wildman–Crippen MR) is 62.9 cm³/mol. The molecule has 3 rings (SSSR count). The SMILES string of the molecule is NNc1nc(-c2ccoc2)nc2sccc12. The lowest BCUT2D eigenvalue weighted by atomic mass is 10.3. The molecular formula is C10H8N4OS. The van der Waals surface area contributed by atoms with Gasteiger partial charge in [0, 0.05) is 0 Å². The number of nitrogens with zero attached hydrogens (tertiary/aromatic N) is 2. The minimum Gasteiger partial charge on any atom is -0.472 e. The number of aromatic nitrogens is 2. The highest BCUT2D eigenvalue weighted by Crippen LogP contribution is 2.27. The Morgan fingerprint density at radius 2 is 2.25 bits per heavy atom. The van der Waals surface area contributed by atoms with Crippen molar-refractivity contribution in [3.05, 3.63) is 30.0 Å². The van der Waals surface area contributed by atoms with Gasteiger partial charge in [-0.25, -0.2) is 15.8 Å². The first-order valence-electron chi connectivity index (χ1n) is 4.63. The van der Waals surface area contributed by atoms with Crippen LogP contribution in [-0.2, 0) is 0 Å². The van der Waals surface area contributed by atoms with Crippen molar-refractivity contribution in [3.63, 3.8) is 0 Å². The van der Waals surface area contributed by atoms with Crippen LogP contribution in [-0.4, -0.2) is 9.97 Å². The lowest BCUT2D eigenvalue weighted by Crippen LogP contribution is -2.09. The molecule has 0 saturated heterocycles. The van der Waals surface area contributed by atoms with E-state index >= 15 is 0 Å². The van der Waals surface area contributed by atoms with Crippen LogP contribution in [0.25, 0.3) is 21.6 Å². The van der Waals surface area contributed by atoms with E-state index in [1.165, 1.54) is 0 Å². The summed E-state index contributed by atoms with van der Waals surface area (Å²) in [5.74, 6) is 6.67. The first kappa shape index (κ1) is 9.32.